The molecular formula is C15H17N3O2S. The second kappa shape index (κ2) is 5.46. The Morgan fingerprint density at radius 1 is 1.33 bits per heavy atom. The molecule has 2 heterocycles. The van der Waals surface area contributed by atoms with E-state index in [0.717, 1.165) is 36.3 Å². The quantitative estimate of drug-likeness (QED) is 0.931. The summed E-state index contributed by atoms with van der Waals surface area (Å²) in [5, 5.41) is 0. The molecule has 21 heavy (non-hydrogen) atoms. The molecule has 0 fully saturated rings. The van der Waals surface area contributed by atoms with Crippen molar-refractivity contribution in [2.24, 2.45) is 0 Å². The lowest BCUT2D eigenvalue weighted by Crippen LogP contribution is -2.20. The third kappa shape index (κ3) is 2.77. The van der Waals surface area contributed by atoms with Crippen molar-refractivity contribution in [3.05, 3.63) is 53.9 Å². The van der Waals surface area contributed by atoms with Gasteiger partial charge < -0.3 is 4.90 Å². The molecule has 0 spiro atoms. The van der Waals surface area contributed by atoms with E-state index >= 15 is 0 Å². The highest BCUT2D eigenvalue weighted by Crippen LogP contribution is 2.31. The number of hydrogen-bond acceptors (Lipinski definition) is 4. The van der Waals surface area contributed by atoms with Crippen LogP contribution in [0.1, 0.15) is 11.1 Å². The Morgan fingerprint density at radius 3 is 2.90 bits per heavy atom. The number of nitrogens with one attached hydrogen (secondary N) is 1. The Labute approximate surface area is 124 Å². The van der Waals surface area contributed by atoms with Crippen LogP contribution in [0, 0.1) is 0 Å². The van der Waals surface area contributed by atoms with Gasteiger partial charge in [0.15, 0.2) is 0 Å². The van der Waals surface area contributed by atoms with Gasteiger partial charge in [0.05, 0.1) is 4.90 Å². The van der Waals surface area contributed by atoms with Crippen molar-refractivity contribution in [2.45, 2.75) is 17.9 Å². The van der Waals surface area contributed by atoms with Gasteiger partial charge in [-0.2, -0.15) is 0 Å². The van der Waals surface area contributed by atoms with E-state index in [0.29, 0.717) is 4.90 Å². The van der Waals surface area contributed by atoms with Crippen molar-refractivity contribution in [3.8, 4) is 0 Å². The molecule has 0 saturated carbocycles. The van der Waals surface area contributed by atoms with Crippen LogP contribution in [0.3, 0.4) is 0 Å². The van der Waals surface area contributed by atoms with Gasteiger partial charge in [-0.25, -0.2) is 13.1 Å². The number of fused-ring (bicyclic) bond motifs is 1. The van der Waals surface area contributed by atoms with E-state index < -0.39 is 10.0 Å². The van der Waals surface area contributed by atoms with E-state index in [-0.39, 0.29) is 0 Å². The molecule has 5 nitrogen and oxygen atoms in total. The van der Waals surface area contributed by atoms with Gasteiger partial charge in [-0.05, 0) is 48.9 Å². The van der Waals surface area contributed by atoms with E-state index in [1.165, 1.54) is 7.05 Å². The molecule has 0 aliphatic carbocycles. The summed E-state index contributed by atoms with van der Waals surface area (Å²) in [6, 6.07) is 9.29. The first-order valence-corrected chi connectivity index (χ1v) is 8.29. The lowest BCUT2D eigenvalue weighted by atomic mass is 10.2. The topological polar surface area (TPSA) is 62.3 Å². The van der Waals surface area contributed by atoms with Crippen LogP contribution >= 0.6 is 0 Å². The molecule has 6 heteroatoms. The summed E-state index contributed by atoms with van der Waals surface area (Å²) in [6.07, 6.45) is 4.48. The van der Waals surface area contributed by atoms with Crippen LogP contribution in [-0.4, -0.2) is 27.0 Å². The fraction of sp³-hybridized carbons (Fsp3) is 0.267. The highest BCUT2D eigenvalue weighted by Gasteiger charge is 2.22. The molecule has 1 aromatic carbocycles. The molecule has 3 rings (SSSR count). The van der Waals surface area contributed by atoms with Crippen molar-refractivity contribution >= 4 is 15.7 Å². The van der Waals surface area contributed by atoms with Crippen molar-refractivity contribution < 1.29 is 8.42 Å². The maximum absolute atomic E-state index is 11.8. The predicted molar refractivity (Wildman–Crippen MR) is 81.7 cm³/mol. The molecule has 0 atom stereocenters. The van der Waals surface area contributed by atoms with Crippen molar-refractivity contribution in [2.75, 3.05) is 18.5 Å². The molecule has 0 bridgehead atoms. The zero-order valence-electron chi connectivity index (χ0n) is 11.8. The van der Waals surface area contributed by atoms with Gasteiger partial charge in [0.25, 0.3) is 0 Å². The van der Waals surface area contributed by atoms with Crippen LogP contribution in [-0.2, 0) is 23.0 Å². The molecule has 110 valence electrons. The summed E-state index contributed by atoms with van der Waals surface area (Å²) in [7, 11) is -1.95. The van der Waals surface area contributed by atoms with Crippen LogP contribution < -0.4 is 9.62 Å². The lowest BCUT2D eigenvalue weighted by Gasteiger charge is -2.19. The Balaban J connectivity index is 1.87. The predicted octanol–water partition coefficient (Wildman–Crippen LogP) is 1.55. The second-order valence-corrected chi connectivity index (χ2v) is 6.92. The minimum Gasteiger partial charge on any atom is -0.367 e. The van der Waals surface area contributed by atoms with Gasteiger partial charge in [0.1, 0.15) is 0 Å². The minimum absolute atomic E-state index is 0.326. The van der Waals surface area contributed by atoms with E-state index in [2.05, 4.69) is 14.6 Å². The van der Waals surface area contributed by atoms with Gasteiger partial charge >= 0.3 is 0 Å². The summed E-state index contributed by atoms with van der Waals surface area (Å²) in [5.74, 6) is 0. The van der Waals surface area contributed by atoms with Crippen LogP contribution in [0.5, 0.6) is 0 Å². The number of nitrogens with zero attached hydrogens (tertiary/aromatic N) is 2. The van der Waals surface area contributed by atoms with Gasteiger partial charge in [0.2, 0.25) is 10.0 Å². The van der Waals surface area contributed by atoms with Gasteiger partial charge in [-0.1, -0.05) is 6.07 Å². The highest BCUT2D eigenvalue weighted by molar-refractivity contribution is 7.89. The van der Waals surface area contributed by atoms with E-state index in [1.807, 2.05) is 24.4 Å². The third-order valence-corrected chi connectivity index (χ3v) is 5.13. The maximum atomic E-state index is 11.8. The molecule has 2 aromatic rings. The number of pyridine rings is 1. The summed E-state index contributed by atoms with van der Waals surface area (Å²) >= 11 is 0. The molecular weight excluding hydrogens is 286 g/mol. The summed E-state index contributed by atoms with van der Waals surface area (Å²) in [5.41, 5.74) is 3.33. The lowest BCUT2D eigenvalue weighted by molar-refractivity contribution is 0.588. The van der Waals surface area contributed by atoms with Crippen molar-refractivity contribution in [3.63, 3.8) is 0 Å². The number of benzene rings is 1. The molecule has 0 radical (unpaired) electrons. The fourth-order valence-corrected chi connectivity index (χ4v) is 3.39. The largest absolute Gasteiger partial charge is 0.367 e. The number of aromatic nitrogens is 1. The first kappa shape index (κ1) is 14.0. The zero-order chi connectivity index (χ0) is 14.9. The van der Waals surface area contributed by atoms with Crippen LogP contribution in [0.4, 0.5) is 5.69 Å². The first-order valence-electron chi connectivity index (χ1n) is 6.80. The average Bonchev–Trinajstić information content (AvgIpc) is 2.91. The molecule has 1 aliphatic rings. The molecule has 1 N–H and O–H groups in total. The van der Waals surface area contributed by atoms with Crippen LogP contribution in [0.2, 0.25) is 0 Å². The van der Waals surface area contributed by atoms with Crippen LogP contribution in [0.25, 0.3) is 0 Å². The Kier molecular flexibility index (Phi) is 3.65. The third-order valence-electron chi connectivity index (χ3n) is 3.72. The molecule has 0 unspecified atom stereocenters. The first-order chi connectivity index (χ1) is 10.1. The number of hydrogen-bond donors (Lipinski definition) is 1. The van der Waals surface area contributed by atoms with Crippen LogP contribution in [0.15, 0.2) is 47.6 Å². The molecule has 1 aromatic heterocycles. The van der Waals surface area contributed by atoms with E-state index in [9.17, 15) is 8.42 Å². The Morgan fingerprint density at radius 2 is 2.19 bits per heavy atom. The zero-order valence-corrected chi connectivity index (χ0v) is 12.6. The monoisotopic (exact) mass is 303 g/mol. The molecule has 1 aliphatic heterocycles. The SMILES string of the molecule is CNS(=O)(=O)c1ccc2c(c1)CCN2Cc1cccnc1. The number of anilines is 1. The summed E-state index contributed by atoms with van der Waals surface area (Å²) < 4.78 is 26.0. The number of rotatable bonds is 4. The van der Waals surface area contributed by atoms with E-state index in [4.69, 9.17) is 0 Å². The standard InChI is InChI=1S/C15H17N3O2S/c1-16-21(19,20)14-4-5-15-13(9-14)6-8-18(15)11-12-3-2-7-17-10-12/h2-5,7,9-10,16H,6,8,11H2,1H3. The highest BCUT2D eigenvalue weighted by atomic mass is 32.2. The second-order valence-electron chi connectivity index (χ2n) is 5.03. The molecule has 0 amide bonds. The number of sulfonamides is 1. The van der Waals surface area contributed by atoms with Gasteiger partial charge in [-0.15, -0.1) is 0 Å². The minimum atomic E-state index is -3.37. The van der Waals surface area contributed by atoms with E-state index in [1.54, 1.807) is 18.3 Å². The summed E-state index contributed by atoms with van der Waals surface area (Å²) in [6.45, 7) is 1.69. The van der Waals surface area contributed by atoms with Gasteiger partial charge in [0, 0.05) is 31.2 Å². The Hall–Kier alpha value is -1.92. The smallest absolute Gasteiger partial charge is 0.240 e. The normalized spacial score (nSPS) is 14.2. The van der Waals surface area contributed by atoms with Gasteiger partial charge in [-0.3, -0.25) is 4.98 Å². The average molecular weight is 303 g/mol. The maximum Gasteiger partial charge on any atom is 0.240 e. The Bertz CT molecular complexity index is 745. The van der Waals surface area contributed by atoms with Crippen molar-refractivity contribution in [1.29, 1.82) is 0 Å². The summed E-state index contributed by atoms with van der Waals surface area (Å²) in [4.78, 5) is 6.70. The van der Waals surface area contributed by atoms with Crippen molar-refractivity contribution in [1.82, 2.24) is 9.71 Å². The molecule has 0 saturated heterocycles. The fourth-order valence-electron chi connectivity index (χ4n) is 2.61.